The molecule has 0 radical (unpaired) electrons. The zero-order valence-corrected chi connectivity index (χ0v) is 12.1. The Kier molecular flexibility index (Phi) is 4.15. The third-order valence-electron chi connectivity index (χ3n) is 3.96. The molecule has 0 atom stereocenters. The van der Waals surface area contributed by atoms with Crippen molar-refractivity contribution in [3.63, 3.8) is 0 Å². The van der Waals surface area contributed by atoms with Crippen LogP contribution in [0.15, 0.2) is 0 Å². The fraction of sp³-hybridized carbons (Fsp3) is 0.692. The Morgan fingerprint density at radius 1 is 1.58 bits per heavy atom. The predicted octanol–water partition coefficient (Wildman–Crippen LogP) is 2.44. The number of amides is 1. The fourth-order valence-electron chi connectivity index (χ4n) is 2.56. The van der Waals surface area contributed by atoms with Crippen LogP contribution in [0.4, 0.5) is 0 Å². The lowest BCUT2D eigenvalue weighted by Crippen LogP contribution is -2.49. The van der Waals surface area contributed by atoms with Gasteiger partial charge in [-0.3, -0.25) is 4.79 Å². The Hall–Kier alpha value is -1.48. The van der Waals surface area contributed by atoms with Crippen LogP contribution < -0.4 is 5.32 Å². The first-order chi connectivity index (χ1) is 9.10. The minimum atomic E-state index is -0.709. The lowest BCUT2D eigenvalue weighted by molar-refractivity contribution is 0.0894. The summed E-state index contributed by atoms with van der Waals surface area (Å²) in [6.07, 6.45) is 4.62. The largest absolute Gasteiger partial charge is 0.333 e. The van der Waals surface area contributed by atoms with E-state index in [-0.39, 0.29) is 5.91 Å². The minimum Gasteiger partial charge on any atom is -0.333 e. The quantitative estimate of drug-likeness (QED) is 0.921. The molecule has 102 valence electrons. The third-order valence-corrected chi connectivity index (χ3v) is 4.79. The normalized spacial score (nSPS) is 26.7. The summed E-state index contributed by atoms with van der Waals surface area (Å²) >= 11 is 1.08. The molecular formula is C13H18N4OS. The van der Waals surface area contributed by atoms with E-state index in [1.54, 1.807) is 6.92 Å². The number of aryl methyl sites for hydroxylation is 1. The van der Waals surface area contributed by atoms with Crippen molar-refractivity contribution < 1.29 is 4.79 Å². The maximum atomic E-state index is 12.2. The highest BCUT2D eigenvalue weighted by atomic mass is 32.1. The van der Waals surface area contributed by atoms with Crippen LogP contribution >= 0.6 is 11.5 Å². The lowest BCUT2D eigenvalue weighted by atomic mass is 9.76. The highest BCUT2D eigenvalue weighted by Gasteiger charge is 2.37. The summed E-state index contributed by atoms with van der Waals surface area (Å²) in [7, 11) is 0. The summed E-state index contributed by atoms with van der Waals surface area (Å²) in [6.45, 7) is 3.93. The van der Waals surface area contributed by atoms with E-state index in [0.29, 0.717) is 16.5 Å². The van der Waals surface area contributed by atoms with E-state index in [1.807, 2.05) is 0 Å². The second-order valence-electron chi connectivity index (χ2n) is 5.19. The van der Waals surface area contributed by atoms with Gasteiger partial charge in [-0.1, -0.05) is 17.8 Å². The SMILES string of the molecule is CCC1CCC(C#N)(NC(=O)c2snnc2C)CC1. The zero-order valence-electron chi connectivity index (χ0n) is 11.3. The number of nitriles is 1. The van der Waals surface area contributed by atoms with Crippen molar-refractivity contribution in [1.29, 1.82) is 5.26 Å². The molecule has 1 aliphatic carbocycles. The number of rotatable bonds is 3. The second kappa shape index (κ2) is 5.66. The first-order valence-corrected chi connectivity index (χ1v) is 7.40. The number of hydrogen-bond donors (Lipinski definition) is 1. The van der Waals surface area contributed by atoms with Gasteiger partial charge in [-0.05, 0) is 50.1 Å². The van der Waals surface area contributed by atoms with Crippen LogP contribution in [0.2, 0.25) is 0 Å². The fourth-order valence-corrected chi connectivity index (χ4v) is 3.11. The van der Waals surface area contributed by atoms with Gasteiger partial charge in [0.05, 0.1) is 11.8 Å². The molecule has 19 heavy (non-hydrogen) atoms. The van der Waals surface area contributed by atoms with E-state index in [0.717, 1.165) is 43.6 Å². The molecule has 1 aromatic heterocycles. The Labute approximate surface area is 117 Å². The molecule has 0 saturated heterocycles. The number of carbonyl (C=O) groups excluding carboxylic acids is 1. The molecule has 1 fully saturated rings. The van der Waals surface area contributed by atoms with Gasteiger partial charge in [0.25, 0.3) is 5.91 Å². The van der Waals surface area contributed by atoms with Gasteiger partial charge in [0.2, 0.25) is 0 Å². The predicted molar refractivity (Wildman–Crippen MR) is 72.7 cm³/mol. The zero-order chi connectivity index (χ0) is 13.9. The first-order valence-electron chi connectivity index (χ1n) is 6.63. The second-order valence-corrected chi connectivity index (χ2v) is 5.94. The summed E-state index contributed by atoms with van der Waals surface area (Å²) < 4.78 is 3.76. The Balaban J connectivity index is 2.06. The summed E-state index contributed by atoms with van der Waals surface area (Å²) in [5, 5.41) is 16.2. The van der Waals surface area contributed by atoms with Crippen LogP contribution in [0, 0.1) is 24.2 Å². The summed E-state index contributed by atoms with van der Waals surface area (Å²) in [4.78, 5) is 12.7. The van der Waals surface area contributed by atoms with Crippen molar-refractivity contribution >= 4 is 17.4 Å². The maximum absolute atomic E-state index is 12.2. The molecule has 5 nitrogen and oxygen atoms in total. The van der Waals surface area contributed by atoms with Gasteiger partial charge < -0.3 is 5.32 Å². The molecule has 1 aliphatic rings. The van der Waals surface area contributed by atoms with Gasteiger partial charge >= 0.3 is 0 Å². The molecule has 0 bridgehead atoms. The van der Waals surface area contributed by atoms with Gasteiger partial charge in [0.15, 0.2) is 0 Å². The number of nitrogens with zero attached hydrogens (tertiary/aromatic N) is 3. The van der Waals surface area contributed by atoms with E-state index in [2.05, 4.69) is 27.9 Å². The van der Waals surface area contributed by atoms with E-state index in [4.69, 9.17) is 0 Å². The van der Waals surface area contributed by atoms with Crippen LogP contribution in [-0.2, 0) is 0 Å². The highest BCUT2D eigenvalue weighted by Crippen LogP contribution is 2.33. The summed E-state index contributed by atoms with van der Waals surface area (Å²) in [5.41, 5.74) is -0.0861. The standard InChI is InChI=1S/C13H18N4OS/c1-3-10-4-6-13(8-14,7-5-10)15-12(18)11-9(2)16-17-19-11/h10H,3-7H2,1-2H3,(H,15,18). The molecule has 0 aromatic carbocycles. The monoisotopic (exact) mass is 278 g/mol. The lowest BCUT2D eigenvalue weighted by Gasteiger charge is -2.35. The van der Waals surface area contributed by atoms with Gasteiger partial charge in [0.1, 0.15) is 10.4 Å². The molecule has 1 heterocycles. The van der Waals surface area contributed by atoms with Gasteiger partial charge in [0, 0.05) is 0 Å². The molecule has 2 rings (SSSR count). The summed E-state index contributed by atoms with van der Waals surface area (Å²) in [5.74, 6) is 0.467. The third kappa shape index (κ3) is 2.92. The van der Waals surface area contributed by atoms with Crippen molar-refractivity contribution in [2.45, 2.75) is 51.5 Å². The van der Waals surface area contributed by atoms with Gasteiger partial charge in [-0.15, -0.1) is 5.10 Å². The Morgan fingerprint density at radius 3 is 2.74 bits per heavy atom. The summed E-state index contributed by atoms with van der Waals surface area (Å²) in [6, 6.07) is 2.31. The van der Waals surface area contributed by atoms with Crippen LogP contribution in [0.25, 0.3) is 0 Å². The molecular weight excluding hydrogens is 260 g/mol. The van der Waals surface area contributed by atoms with E-state index in [9.17, 15) is 10.1 Å². The molecule has 1 amide bonds. The van der Waals surface area contributed by atoms with Crippen LogP contribution in [-0.4, -0.2) is 21.0 Å². The van der Waals surface area contributed by atoms with E-state index in [1.165, 1.54) is 0 Å². The smallest absolute Gasteiger partial charge is 0.266 e. The van der Waals surface area contributed by atoms with Crippen molar-refractivity contribution in [3.05, 3.63) is 10.6 Å². The average Bonchev–Trinajstić information content (AvgIpc) is 2.86. The van der Waals surface area contributed by atoms with E-state index >= 15 is 0 Å². The van der Waals surface area contributed by atoms with Crippen molar-refractivity contribution in [3.8, 4) is 6.07 Å². The first kappa shape index (κ1) is 13.9. The van der Waals surface area contributed by atoms with E-state index < -0.39 is 5.54 Å². The Morgan fingerprint density at radius 2 is 2.26 bits per heavy atom. The molecule has 0 aliphatic heterocycles. The number of aromatic nitrogens is 2. The number of nitrogens with one attached hydrogen (secondary N) is 1. The van der Waals surface area contributed by atoms with Crippen molar-refractivity contribution in [1.82, 2.24) is 14.9 Å². The number of hydrogen-bond acceptors (Lipinski definition) is 5. The Bertz CT molecular complexity index is 497. The minimum absolute atomic E-state index is 0.219. The number of carbonyl (C=O) groups is 1. The van der Waals surface area contributed by atoms with Gasteiger partial charge in [-0.2, -0.15) is 5.26 Å². The van der Waals surface area contributed by atoms with Crippen molar-refractivity contribution in [2.75, 3.05) is 0 Å². The highest BCUT2D eigenvalue weighted by molar-refractivity contribution is 7.08. The molecule has 1 aromatic rings. The molecule has 0 spiro atoms. The topological polar surface area (TPSA) is 78.7 Å². The maximum Gasteiger partial charge on any atom is 0.266 e. The van der Waals surface area contributed by atoms with Crippen LogP contribution in [0.3, 0.4) is 0 Å². The van der Waals surface area contributed by atoms with Crippen molar-refractivity contribution in [2.24, 2.45) is 5.92 Å². The molecule has 1 saturated carbocycles. The molecule has 0 unspecified atom stereocenters. The molecule has 6 heteroatoms. The average molecular weight is 278 g/mol. The van der Waals surface area contributed by atoms with Gasteiger partial charge in [-0.25, -0.2) is 0 Å². The molecule has 1 N–H and O–H groups in total. The van der Waals surface area contributed by atoms with Crippen LogP contribution in [0.5, 0.6) is 0 Å². The van der Waals surface area contributed by atoms with Crippen LogP contribution in [0.1, 0.15) is 54.4 Å².